The van der Waals surface area contributed by atoms with Gasteiger partial charge in [0.05, 0.1) is 35.8 Å². The molecule has 0 aliphatic carbocycles. The van der Waals surface area contributed by atoms with Crippen LogP contribution in [0.4, 0.5) is 5.13 Å². The smallest absolute Gasteiger partial charge is 0.185 e. The number of hydrogen-bond acceptors (Lipinski definition) is 6. The monoisotopic (exact) mass is 254 g/mol. The quantitative estimate of drug-likeness (QED) is 0.817. The first kappa shape index (κ1) is 10.9. The van der Waals surface area contributed by atoms with E-state index in [2.05, 4.69) is 15.4 Å². The van der Waals surface area contributed by atoms with Crippen molar-refractivity contribution in [3.05, 3.63) is 5.69 Å². The Bertz CT molecular complexity index is 515. The van der Waals surface area contributed by atoms with E-state index in [4.69, 9.17) is 4.74 Å². The lowest BCUT2D eigenvalue weighted by molar-refractivity contribution is 0.125. The number of aromatic nitrogens is 3. The molecule has 1 aliphatic rings. The van der Waals surface area contributed by atoms with Crippen molar-refractivity contribution in [3.63, 3.8) is 0 Å². The summed E-state index contributed by atoms with van der Waals surface area (Å²) in [5, 5.41) is 18.0. The van der Waals surface area contributed by atoms with Gasteiger partial charge in [-0.15, -0.1) is 0 Å². The second kappa shape index (κ2) is 3.94. The van der Waals surface area contributed by atoms with Crippen LogP contribution in [0.3, 0.4) is 0 Å². The lowest BCUT2D eigenvalue weighted by Gasteiger charge is -2.12. The minimum absolute atomic E-state index is 0.0659. The minimum atomic E-state index is -0.457. The maximum Gasteiger partial charge on any atom is 0.185 e. The maximum atomic E-state index is 9.66. The Hall–Kier alpha value is -1.18. The molecule has 1 aliphatic heterocycles. The van der Waals surface area contributed by atoms with E-state index in [1.165, 1.54) is 0 Å². The van der Waals surface area contributed by atoms with Crippen molar-refractivity contribution < 1.29 is 9.84 Å². The topological polar surface area (TPSA) is 72.2 Å². The molecule has 0 amide bonds. The van der Waals surface area contributed by atoms with Crippen LogP contribution >= 0.6 is 11.3 Å². The summed E-state index contributed by atoms with van der Waals surface area (Å²) in [5.41, 5.74) is 1.86. The van der Waals surface area contributed by atoms with Gasteiger partial charge in [0.2, 0.25) is 0 Å². The van der Waals surface area contributed by atoms with E-state index in [0.29, 0.717) is 13.2 Å². The average molecular weight is 254 g/mol. The van der Waals surface area contributed by atoms with E-state index < -0.39 is 6.10 Å². The summed E-state index contributed by atoms with van der Waals surface area (Å²) < 4.78 is 8.05. The molecule has 6 nitrogen and oxygen atoms in total. The summed E-state index contributed by atoms with van der Waals surface area (Å²) in [5.74, 6) is 0. The number of anilines is 1. The van der Waals surface area contributed by atoms with E-state index in [1.54, 1.807) is 16.0 Å². The van der Waals surface area contributed by atoms with E-state index in [9.17, 15) is 5.11 Å². The number of thiazole rings is 1. The summed E-state index contributed by atoms with van der Waals surface area (Å²) >= 11 is 1.56. The minimum Gasteiger partial charge on any atom is -0.388 e. The third-order valence-electron chi connectivity index (χ3n) is 2.90. The zero-order chi connectivity index (χ0) is 12.0. The van der Waals surface area contributed by atoms with Gasteiger partial charge in [0.15, 0.2) is 10.8 Å². The van der Waals surface area contributed by atoms with Crippen LogP contribution in [0.5, 0.6) is 0 Å². The van der Waals surface area contributed by atoms with Crippen LogP contribution < -0.4 is 5.32 Å². The Balaban J connectivity index is 1.88. The van der Waals surface area contributed by atoms with Crippen molar-refractivity contribution in [1.29, 1.82) is 0 Å². The molecule has 0 aromatic carbocycles. The van der Waals surface area contributed by atoms with Gasteiger partial charge in [0.25, 0.3) is 0 Å². The summed E-state index contributed by atoms with van der Waals surface area (Å²) in [7, 11) is 1.88. The normalized spacial score (nSPS) is 24.6. The first-order valence-corrected chi connectivity index (χ1v) is 6.29. The number of nitrogens with zero attached hydrogens (tertiary/aromatic N) is 3. The molecule has 1 fully saturated rings. The maximum absolute atomic E-state index is 9.66. The summed E-state index contributed by atoms with van der Waals surface area (Å²) in [6, 6.07) is -0.0659. The van der Waals surface area contributed by atoms with Gasteiger partial charge in [-0.25, -0.2) is 9.67 Å². The number of rotatable bonds is 2. The number of aliphatic hydroxyl groups excluding tert-OH is 1. The van der Waals surface area contributed by atoms with Gasteiger partial charge in [0, 0.05) is 7.05 Å². The highest BCUT2D eigenvalue weighted by molar-refractivity contribution is 7.22. The molecular formula is C10H14N4O2S. The Morgan fingerprint density at radius 1 is 1.53 bits per heavy atom. The number of aliphatic hydroxyl groups is 1. The molecule has 2 N–H and O–H groups in total. The molecule has 2 atom stereocenters. The van der Waals surface area contributed by atoms with Crippen molar-refractivity contribution in [2.75, 3.05) is 18.5 Å². The highest BCUT2D eigenvalue weighted by Gasteiger charge is 2.27. The van der Waals surface area contributed by atoms with Gasteiger partial charge < -0.3 is 15.2 Å². The van der Waals surface area contributed by atoms with Crippen molar-refractivity contribution in [3.8, 4) is 0 Å². The molecule has 0 bridgehead atoms. The molecule has 7 heteroatoms. The van der Waals surface area contributed by atoms with Crippen molar-refractivity contribution in [1.82, 2.24) is 14.8 Å². The lowest BCUT2D eigenvalue weighted by atomic mass is 10.2. The van der Waals surface area contributed by atoms with Gasteiger partial charge in [-0.3, -0.25) is 0 Å². The molecule has 0 spiro atoms. The second-order valence-corrected chi connectivity index (χ2v) is 5.24. The third-order valence-corrected chi connectivity index (χ3v) is 3.99. The fraction of sp³-hybridized carbons (Fsp3) is 0.600. The number of ether oxygens (including phenoxy) is 1. The molecule has 0 radical (unpaired) electrons. The highest BCUT2D eigenvalue weighted by atomic mass is 32.1. The van der Waals surface area contributed by atoms with E-state index in [0.717, 1.165) is 21.2 Å². The van der Waals surface area contributed by atoms with Crippen molar-refractivity contribution in [2.24, 2.45) is 7.05 Å². The molecule has 17 heavy (non-hydrogen) atoms. The van der Waals surface area contributed by atoms with Gasteiger partial charge in [-0.05, 0) is 6.92 Å². The average Bonchev–Trinajstić information content (AvgIpc) is 2.91. The molecule has 2 aromatic heterocycles. The van der Waals surface area contributed by atoms with E-state index in [1.807, 2.05) is 14.0 Å². The van der Waals surface area contributed by atoms with Crippen LogP contribution in [-0.4, -0.2) is 45.2 Å². The number of fused-ring (bicyclic) bond motifs is 1. The Morgan fingerprint density at radius 3 is 3.00 bits per heavy atom. The zero-order valence-corrected chi connectivity index (χ0v) is 10.5. The van der Waals surface area contributed by atoms with Crippen molar-refractivity contribution in [2.45, 2.75) is 19.1 Å². The zero-order valence-electron chi connectivity index (χ0n) is 9.67. The van der Waals surface area contributed by atoms with Gasteiger partial charge >= 0.3 is 0 Å². The Kier molecular flexibility index (Phi) is 2.53. The summed E-state index contributed by atoms with van der Waals surface area (Å²) in [6.45, 7) is 2.88. The van der Waals surface area contributed by atoms with Gasteiger partial charge in [0.1, 0.15) is 0 Å². The van der Waals surface area contributed by atoms with Crippen LogP contribution in [0.25, 0.3) is 10.3 Å². The fourth-order valence-corrected chi connectivity index (χ4v) is 2.98. The van der Waals surface area contributed by atoms with Crippen molar-refractivity contribution >= 4 is 26.8 Å². The number of nitrogens with one attached hydrogen (secondary N) is 1. The van der Waals surface area contributed by atoms with Gasteiger partial charge in [-0.1, -0.05) is 11.3 Å². The first-order chi connectivity index (χ1) is 8.15. The number of aryl methyl sites for hydroxylation is 2. The van der Waals surface area contributed by atoms with E-state index >= 15 is 0 Å². The van der Waals surface area contributed by atoms with Crippen LogP contribution in [0.2, 0.25) is 0 Å². The van der Waals surface area contributed by atoms with Gasteiger partial charge in [-0.2, -0.15) is 5.10 Å². The molecule has 1 saturated heterocycles. The largest absolute Gasteiger partial charge is 0.388 e. The van der Waals surface area contributed by atoms with Crippen LogP contribution in [0.15, 0.2) is 0 Å². The van der Waals surface area contributed by atoms with Crippen LogP contribution in [0.1, 0.15) is 5.69 Å². The Morgan fingerprint density at radius 2 is 2.35 bits per heavy atom. The molecule has 2 aromatic rings. The fourth-order valence-electron chi connectivity index (χ4n) is 1.99. The highest BCUT2D eigenvalue weighted by Crippen LogP contribution is 2.29. The molecule has 0 saturated carbocycles. The molecule has 92 valence electrons. The third kappa shape index (κ3) is 1.80. The SMILES string of the molecule is Cc1nn(C)c2nc(N[C@H]3COC[C@@H]3O)sc12. The molecule has 3 rings (SSSR count). The second-order valence-electron chi connectivity index (χ2n) is 4.24. The van der Waals surface area contributed by atoms with Crippen LogP contribution in [0, 0.1) is 6.92 Å². The predicted molar refractivity (Wildman–Crippen MR) is 65.4 cm³/mol. The van der Waals surface area contributed by atoms with E-state index in [-0.39, 0.29) is 6.04 Å². The Labute approximate surface area is 102 Å². The van der Waals surface area contributed by atoms with Crippen LogP contribution in [-0.2, 0) is 11.8 Å². The number of hydrogen-bond donors (Lipinski definition) is 2. The molecule has 3 heterocycles. The summed E-state index contributed by atoms with van der Waals surface area (Å²) in [4.78, 5) is 4.47. The predicted octanol–water partition coefficient (Wildman–Crippen LogP) is 0.510. The summed E-state index contributed by atoms with van der Waals surface area (Å²) in [6.07, 6.45) is -0.457. The standard InChI is InChI=1S/C10H14N4O2S/c1-5-8-9(14(2)13-5)12-10(17-8)11-6-3-16-4-7(6)15/h6-7,15H,3-4H2,1-2H3,(H,11,12)/t6-,7-/m0/s1. The lowest BCUT2D eigenvalue weighted by Crippen LogP contribution is -2.31. The molecule has 0 unspecified atom stereocenters. The molecular weight excluding hydrogens is 240 g/mol. The first-order valence-electron chi connectivity index (χ1n) is 5.47.